The van der Waals surface area contributed by atoms with Gasteiger partial charge in [0.2, 0.25) is 0 Å². The molecule has 0 spiro atoms. The monoisotopic (exact) mass is 268 g/mol. The van der Waals surface area contributed by atoms with Crippen LogP contribution in [0.4, 0.5) is 0 Å². The van der Waals surface area contributed by atoms with Crippen LogP contribution in [0.3, 0.4) is 0 Å². The molecule has 0 bridgehead atoms. The van der Waals surface area contributed by atoms with Gasteiger partial charge < -0.3 is 9.47 Å². The van der Waals surface area contributed by atoms with Crippen LogP contribution >= 0.6 is 11.3 Å². The van der Waals surface area contributed by atoms with Crippen LogP contribution in [0.1, 0.15) is 29.1 Å². The van der Waals surface area contributed by atoms with E-state index in [1.54, 1.807) is 17.5 Å². The maximum Gasteiger partial charge on any atom is 0.348 e. The Bertz CT molecular complexity index is 446. The number of esters is 2. The molecule has 1 aromatic rings. The van der Waals surface area contributed by atoms with Gasteiger partial charge in [-0.25, -0.2) is 9.59 Å². The van der Waals surface area contributed by atoms with Crippen molar-refractivity contribution in [1.82, 2.24) is 0 Å². The first-order valence-corrected chi connectivity index (χ1v) is 6.43. The number of thiophene rings is 1. The molecule has 18 heavy (non-hydrogen) atoms. The summed E-state index contributed by atoms with van der Waals surface area (Å²) in [5.74, 6) is -0.514. The third-order valence-corrected chi connectivity index (χ3v) is 2.93. The first-order chi connectivity index (χ1) is 8.54. The van der Waals surface area contributed by atoms with Crippen LogP contribution in [0, 0.1) is 5.92 Å². The quantitative estimate of drug-likeness (QED) is 0.608. The van der Waals surface area contributed by atoms with E-state index in [-0.39, 0.29) is 0 Å². The molecule has 1 aromatic heterocycles. The number of hydrogen-bond donors (Lipinski definition) is 0. The molecule has 4 nitrogen and oxygen atoms in total. The van der Waals surface area contributed by atoms with Crippen LogP contribution in [-0.4, -0.2) is 25.7 Å². The van der Waals surface area contributed by atoms with E-state index >= 15 is 0 Å². The summed E-state index contributed by atoms with van der Waals surface area (Å²) in [6.07, 6.45) is 2.88. The normalized spacial score (nSPS) is 10.9. The maximum atomic E-state index is 11.4. The Balaban J connectivity index is 2.64. The molecule has 1 rings (SSSR count). The predicted octanol–water partition coefficient (Wildman–Crippen LogP) is 2.75. The molecule has 0 N–H and O–H groups in total. The molecule has 98 valence electrons. The van der Waals surface area contributed by atoms with Gasteiger partial charge in [-0.05, 0) is 23.4 Å². The van der Waals surface area contributed by atoms with Crippen LogP contribution in [0.2, 0.25) is 0 Å². The standard InChI is InChI=1S/C13H16O4S/c1-9(2)8-17-11(14)5-4-10-6-7-18-12(10)13(15)16-3/h4-7,9H,8H2,1-3H3/b5-4+. The van der Waals surface area contributed by atoms with Crippen LogP contribution in [0.5, 0.6) is 0 Å². The number of methoxy groups -OCH3 is 1. The number of carbonyl (C=O) groups is 2. The zero-order valence-electron chi connectivity index (χ0n) is 10.6. The molecule has 0 saturated carbocycles. The van der Waals surface area contributed by atoms with Gasteiger partial charge in [-0.1, -0.05) is 13.8 Å². The molecule has 0 radical (unpaired) electrons. The van der Waals surface area contributed by atoms with Gasteiger partial charge in [0.15, 0.2) is 0 Å². The lowest BCUT2D eigenvalue weighted by molar-refractivity contribution is -0.138. The second kappa shape index (κ2) is 6.96. The summed E-state index contributed by atoms with van der Waals surface area (Å²) in [5, 5.41) is 1.77. The zero-order chi connectivity index (χ0) is 13.5. The van der Waals surface area contributed by atoms with Gasteiger partial charge in [-0.3, -0.25) is 0 Å². The van der Waals surface area contributed by atoms with Crippen molar-refractivity contribution in [1.29, 1.82) is 0 Å². The van der Waals surface area contributed by atoms with Gasteiger partial charge >= 0.3 is 11.9 Å². The third kappa shape index (κ3) is 4.33. The van der Waals surface area contributed by atoms with Crippen molar-refractivity contribution >= 4 is 29.4 Å². The van der Waals surface area contributed by atoms with E-state index in [1.807, 2.05) is 13.8 Å². The number of carbonyl (C=O) groups excluding carboxylic acids is 2. The highest BCUT2D eigenvalue weighted by Gasteiger charge is 2.11. The van der Waals surface area contributed by atoms with Crippen LogP contribution in [0.25, 0.3) is 6.08 Å². The summed E-state index contributed by atoms with van der Waals surface area (Å²) >= 11 is 1.27. The van der Waals surface area contributed by atoms with Gasteiger partial charge in [-0.15, -0.1) is 11.3 Å². The average molecular weight is 268 g/mol. The Hall–Kier alpha value is -1.62. The molecular formula is C13H16O4S. The molecule has 0 unspecified atom stereocenters. The Kier molecular flexibility index (Phi) is 5.58. The van der Waals surface area contributed by atoms with E-state index in [0.717, 1.165) is 0 Å². The van der Waals surface area contributed by atoms with Crippen molar-refractivity contribution in [2.75, 3.05) is 13.7 Å². The fourth-order valence-corrected chi connectivity index (χ4v) is 1.97. The average Bonchev–Trinajstić information content (AvgIpc) is 2.81. The second-order valence-electron chi connectivity index (χ2n) is 4.05. The molecule has 0 aromatic carbocycles. The molecule has 5 heteroatoms. The first-order valence-electron chi connectivity index (χ1n) is 5.55. The molecule has 0 aliphatic heterocycles. The summed E-state index contributed by atoms with van der Waals surface area (Å²) in [7, 11) is 1.33. The highest BCUT2D eigenvalue weighted by atomic mass is 32.1. The van der Waals surface area contributed by atoms with Crippen molar-refractivity contribution in [2.45, 2.75) is 13.8 Å². The zero-order valence-corrected chi connectivity index (χ0v) is 11.5. The van der Waals surface area contributed by atoms with E-state index in [1.165, 1.54) is 24.5 Å². The van der Waals surface area contributed by atoms with Gasteiger partial charge in [-0.2, -0.15) is 0 Å². The number of hydrogen-bond acceptors (Lipinski definition) is 5. The maximum absolute atomic E-state index is 11.4. The van der Waals surface area contributed by atoms with Gasteiger partial charge in [0, 0.05) is 11.6 Å². The number of rotatable bonds is 5. The smallest absolute Gasteiger partial charge is 0.348 e. The molecule has 0 atom stereocenters. The van der Waals surface area contributed by atoms with E-state index < -0.39 is 11.9 Å². The summed E-state index contributed by atoms with van der Waals surface area (Å²) in [6.45, 7) is 4.31. The second-order valence-corrected chi connectivity index (χ2v) is 4.97. The van der Waals surface area contributed by atoms with Crippen LogP contribution in [0.15, 0.2) is 17.5 Å². The molecule has 0 amide bonds. The Morgan fingerprint density at radius 1 is 1.44 bits per heavy atom. The molecule has 0 fully saturated rings. The summed E-state index contributed by atoms with van der Waals surface area (Å²) < 4.78 is 9.63. The van der Waals surface area contributed by atoms with E-state index in [9.17, 15) is 9.59 Å². The predicted molar refractivity (Wildman–Crippen MR) is 70.5 cm³/mol. The minimum Gasteiger partial charge on any atom is -0.465 e. The molecule has 0 aliphatic carbocycles. The fourth-order valence-electron chi connectivity index (χ4n) is 1.16. The van der Waals surface area contributed by atoms with Crippen molar-refractivity contribution in [2.24, 2.45) is 5.92 Å². The first kappa shape index (κ1) is 14.4. The molecular weight excluding hydrogens is 252 g/mol. The lowest BCUT2D eigenvalue weighted by Crippen LogP contribution is -2.07. The topological polar surface area (TPSA) is 52.6 Å². The lowest BCUT2D eigenvalue weighted by Gasteiger charge is -2.03. The van der Waals surface area contributed by atoms with E-state index in [4.69, 9.17) is 4.74 Å². The Morgan fingerprint density at radius 2 is 2.17 bits per heavy atom. The summed E-state index contributed by atoms with van der Waals surface area (Å²) in [4.78, 5) is 23.2. The molecule has 1 heterocycles. The Labute approximate surface area is 110 Å². The highest BCUT2D eigenvalue weighted by molar-refractivity contribution is 7.12. The third-order valence-electron chi connectivity index (χ3n) is 2.02. The number of ether oxygens (including phenoxy) is 2. The highest BCUT2D eigenvalue weighted by Crippen LogP contribution is 2.19. The van der Waals surface area contributed by atoms with Crippen molar-refractivity contribution in [3.8, 4) is 0 Å². The van der Waals surface area contributed by atoms with Gasteiger partial charge in [0.1, 0.15) is 4.88 Å². The van der Waals surface area contributed by atoms with Crippen LogP contribution < -0.4 is 0 Å². The van der Waals surface area contributed by atoms with Crippen molar-refractivity contribution in [3.05, 3.63) is 28.0 Å². The van der Waals surface area contributed by atoms with E-state index in [2.05, 4.69) is 4.74 Å². The van der Waals surface area contributed by atoms with Gasteiger partial charge in [0.05, 0.1) is 13.7 Å². The van der Waals surface area contributed by atoms with Crippen molar-refractivity contribution < 1.29 is 19.1 Å². The van der Waals surface area contributed by atoms with E-state index in [0.29, 0.717) is 23.0 Å². The Morgan fingerprint density at radius 3 is 2.78 bits per heavy atom. The van der Waals surface area contributed by atoms with Gasteiger partial charge in [0.25, 0.3) is 0 Å². The summed E-state index contributed by atoms with van der Waals surface area (Å²) in [6, 6.07) is 1.75. The fraction of sp³-hybridized carbons (Fsp3) is 0.385. The molecule has 0 aliphatic rings. The minimum absolute atomic E-state index is 0.300. The van der Waals surface area contributed by atoms with Crippen molar-refractivity contribution in [3.63, 3.8) is 0 Å². The largest absolute Gasteiger partial charge is 0.465 e. The van der Waals surface area contributed by atoms with Crippen LogP contribution in [-0.2, 0) is 14.3 Å². The lowest BCUT2D eigenvalue weighted by atomic mass is 10.2. The minimum atomic E-state index is -0.411. The molecule has 0 saturated heterocycles. The summed E-state index contributed by atoms with van der Waals surface area (Å²) in [5.41, 5.74) is 0.661. The SMILES string of the molecule is COC(=O)c1sccc1/C=C/C(=O)OCC(C)C.